The van der Waals surface area contributed by atoms with E-state index in [0.29, 0.717) is 0 Å². The van der Waals surface area contributed by atoms with Crippen LogP contribution in [0.2, 0.25) is 0 Å². The Hall–Kier alpha value is -2.49. The largest absolute Gasteiger partial charge is 0.352 e. The van der Waals surface area contributed by atoms with Crippen molar-refractivity contribution in [2.75, 3.05) is 0 Å². The van der Waals surface area contributed by atoms with Crippen LogP contribution in [0.1, 0.15) is 26.5 Å². The number of nitrogens with zero attached hydrogens (tertiary/aromatic N) is 3. The summed E-state index contributed by atoms with van der Waals surface area (Å²) in [5.74, 6) is 0. The molecule has 0 N–H and O–H groups in total. The van der Waals surface area contributed by atoms with E-state index in [4.69, 9.17) is 0 Å². The van der Waals surface area contributed by atoms with Crippen LogP contribution in [0, 0.1) is 0 Å². The maximum Gasteiger partial charge on any atom is 0.352 e. The van der Waals surface area contributed by atoms with Crippen LogP contribution >= 0.6 is 0 Å². The monoisotopic (exact) mass is 279 g/mol. The number of fused-ring (bicyclic) bond motifs is 1. The molecule has 1 aromatic carbocycles. The first-order valence-electron chi connectivity index (χ1n) is 6.91. The predicted molar refractivity (Wildman–Crippen MR) is 83.8 cm³/mol. The van der Waals surface area contributed by atoms with E-state index in [-0.39, 0.29) is 11.1 Å². The number of hydrogen-bond acceptors (Lipinski definition) is 3. The lowest BCUT2D eigenvalue weighted by Crippen LogP contribution is -2.27. The predicted octanol–water partition coefficient (Wildman–Crippen LogP) is 3.08. The van der Waals surface area contributed by atoms with Crippen molar-refractivity contribution in [2.24, 2.45) is 0 Å². The molecule has 4 heteroatoms. The van der Waals surface area contributed by atoms with E-state index >= 15 is 0 Å². The van der Waals surface area contributed by atoms with Gasteiger partial charge in [-0.05, 0) is 18.2 Å². The molecule has 21 heavy (non-hydrogen) atoms. The average molecular weight is 279 g/mol. The van der Waals surface area contributed by atoms with Crippen molar-refractivity contribution in [1.29, 1.82) is 0 Å². The van der Waals surface area contributed by atoms with Gasteiger partial charge in [-0.1, -0.05) is 39.0 Å². The summed E-state index contributed by atoms with van der Waals surface area (Å²) in [6.45, 7) is 6.20. The van der Waals surface area contributed by atoms with Gasteiger partial charge in [-0.3, -0.25) is 9.55 Å². The lowest BCUT2D eigenvalue weighted by Gasteiger charge is -2.21. The Morgan fingerprint density at radius 3 is 2.33 bits per heavy atom. The van der Waals surface area contributed by atoms with E-state index in [0.717, 1.165) is 22.3 Å². The van der Waals surface area contributed by atoms with E-state index in [2.05, 4.69) is 30.7 Å². The fourth-order valence-corrected chi connectivity index (χ4v) is 2.49. The lowest BCUT2D eigenvalue weighted by molar-refractivity contribution is 0.569. The third-order valence-electron chi connectivity index (χ3n) is 3.43. The van der Waals surface area contributed by atoms with Crippen LogP contribution in [0.3, 0.4) is 0 Å². The van der Waals surface area contributed by atoms with Gasteiger partial charge in [0.2, 0.25) is 0 Å². The summed E-state index contributed by atoms with van der Waals surface area (Å²) >= 11 is 0. The number of benzene rings is 1. The van der Waals surface area contributed by atoms with Crippen LogP contribution in [0.5, 0.6) is 0 Å². The van der Waals surface area contributed by atoms with E-state index in [1.165, 1.54) is 0 Å². The van der Waals surface area contributed by atoms with Crippen molar-refractivity contribution in [3.63, 3.8) is 0 Å². The molecule has 0 fully saturated rings. The van der Waals surface area contributed by atoms with Crippen molar-refractivity contribution in [3.05, 3.63) is 65.0 Å². The molecule has 0 amide bonds. The maximum atomic E-state index is 12.5. The van der Waals surface area contributed by atoms with Gasteiger partial charge in [-0.15, -0.1) is 0 Å². The molecule has 0 atom stereocenters. The highest BCUT2D eigenvalue weighted by molar-refractivity contribution is 5.83. The third-order valence-corrected chi connectivity index (χ3v) is 3.43. The van der Waals surface area contributed by atoms with Crippen molar-refractivity contribution < 1.29 is 0 Å². The van der Waals surface area contributed by atoms with E-state index < -0.39 is 0 Å². The fourth-order valence-electron chi connectivity index (χ4n) is 2.49. The van der Waals surface area contributed by atoms with Gasteiger partial charge in [-0.25, -0.2) is 4.79 Å². The second-order valence-corrected chi connectivity index (χ2v) is 6.05. The third kappa shape index (κ3) is 2.33. The molecule has 3 rings (SSSR count). The van der Waals surface area contributed by atoms with E-state index in [9.17, 15) is 4.79 Å². The highest BCUT2D eigenvalue weighted by atomic mass is 16.1. The summed E-state index contributed by atoms with van der Waals surface area (Å²) in [5.41, 5.74) is 2.03. The van der Waals surface area contributed by atoms with Crippen molar-refractivity contribution in [1.82, 2.24) is 14.5 Å². The molecule has 0 unspecified atom stereocenters. The fraction of sp³-hybridized carbons (Fsp3) is 0.235. The summed E-state index contributed by atoms with van der Waals surface area (Å²) in [5, 5.41) is 1.00. The molecule has 3 aromatic rings. The normalized spacial score (nSPS) is 11.8. The Morgan fingerprint density at radius 1 is 1.00 bits per heavy atom. The van der Waals surface area contributed by atoms with Crippen molar-refractivity contribution in [3.8, 4) is 5.69 Å². The summed E-state index contributed by atoms with van der Waals surface area (Å²) in [6.07, 6.45) is 3.35. The second-order valence-electron chi connectivity index (χ2n) is 6.05. The molecule has 2 heterocycles. The molecule has 0 aliphatic carbocycles. The molecule has 0 aliphatic heterocycles. The lowest BCUT2D eigenvalue weighted by atomic mass is 9.89. The molecule has 0 radical (unpaired) electrons. The first-order valence-corrected chi connectivity index (χ1v) is 6.91. The molecular formula is C17H17N3O. The summed E-state index contributed by atoms with van der Waals surface area (Å²) in [6, 6.07) is 11.5. The quantitative estimate of drug-likeness (QED) is 0.687. The van der Waals surface area contributed by atoms with Crippen LogP contribution in [0.25, 0.3) is 16.6 Å². The van der Waals surface area contributed by atoms with Crippen LogP contribution in [-0.4, -0.2) is 14.5 Å². The second kappa shape index (κ2) is 4.81. The number of hydrogen-bond donors (Lipinski definition) is 0. The Bertz CT molecular complexity index is 845. The van der Waals surface area contributed by atoms with Gasteiger partial charge in [0.15, 0.2) is 0 Å². The zero-order valence-corrected chi connectivity index (χ0v) is 12.4. The first-order chi connectivity index (χ1) is 9.98. The van der Waals surface area contributed by atoms with E-state index in [1.54, 1.807) is 17.0 Å². The van der Waals surface area contributed by atoms with Gasteiger partial charge < -0.3 is 0 Å². The van der Waals surface area contributed by atoms with Crippen molar-refractivity contribution in [2.45, 2.75) is 26.2 Å². The molecule has 106 valence electrons. The van der Waals surface area contributed by atoms with Crippen molar-refractivity contribution >= 4 is 10.9 Å². The average Bonchev–Trinajstić information content (AvgIpc) is 2.46. The topological polar surface area (TPSA) is 47.8 Å². The molecule has 4 nitrogen and oxygen atoms in total. The zero-order valence-electron chi connectivity index (χ0n) is 12.4. The van der Waals surface area contributed by atoms with Gasteiger partial charge in [0.1, 0.15) is 0 Å². The Kier molecular flexibility index (Phi) is 3.09. The minimum absolute atomic E-state index is 0.184. The highest BCUT2D eigenvalue weighted by Gasteiger charge is 2.21. The summed E-state index contributed by atoms with van der Waals surface area (Å²) < 4.78 is 1.63. The zero-order chi connectivity index (χ0) is 15.0. The van der Waals surface area contributed by atoms with Crippen LogP contribution in [0.15, 0.2) is 53.6 Å². The van der Waals surface area contributed by atoms with Crippen LogP contribution in [-0.2, 0) is 5.41 Å². The molecular weight excluding hydrogens is 262 g/mol. The number of para-hydroxylation sites is 1. The molecule has 0 saturated heterocycles. The van der Waals surface area contributed by atoms with Gasteiger partial charge >= 0.3 is 5.69 Å². The molecule has 0 spiro atoms. The van der Waals surface area contributed by atoms with Crippen LogP contribution in [0.4, 0.5) is 0 Å². The minimum atomic E-state index is -0.259. The number of aromatic nitrogens is 3. The number of pyridine rings is 1. The Labute approximate surface area is 123 Å². The molecule has 0 aliphatic rings. The summed E-state index contributed by atoms with van der Waals surface area (Å²) in [4.78, 5) is 20.9. The molecule has 0 saturated carbocycles. The minimum Gasteiger partial charge on any atom is -0.265 e. The number of rotatable bonds is 1. The van der Waals surface area contributed by atoms with Gasteiger partial charge in [0.05, 0.1) is 16.9 Å². The SMILES string of the molecule is CC(C)(C)c1nc(=O)n(-c2ccncc2)c2ccccc12. The van der Waals surface area contributed by atoms with Gasteiger partial charge in [0, 0.05) is 23.2 Å². The summed E-state index contributed by atoms with van der Waals surface area (Å²) in [7, 11) is 0. The smallest absolute Gasteiger partial charge is 0.265 e. The highest BCUT2D eigenvalue weighted by Crippen LogP contribution is 2.27. The van der Waals surface area contributed by atoms with Gasteiger partial charge in [-0.2, -0.15) is 4.98 Å². The van der Waals surface area contributed by atoms with Gasteiger partial charge in [0.25, 0.3) is 0 Å². The Morgan fingerprint density at radius 2 is 1.67 bits per heavy atom. The Balaban J connectivity index is 2.44. The maximum absolute atomic E-state index is 12.5. The first kappa shape index (κ1) is 13.5. The molecule has 0 bridgehead atoms. The van der Waals surface area contributed by atoms with E-state index in [1.807, 2.05) is 36.4 Å². The molecule has 2 aromatic heterocycles. The van der Waals surface area contributed by atoms with Crippen LogP contribution < -0.4 is 5.69 Å². The standard InChI is InChI=1S/C17H17N3O/c1-17(2,3)15-13-6-4-5-7-14(13)20(16(21)19-15)12-8-10-18-11-9-12/h4-11H,1-3H3.